The molecule has 1 heterocycles. The Hall–Kier alpha value is -1.13. The molecule has 0 spiro atoms. The summed E-state index contributed by atoms with van der Waals surface area (Å²) in [6.45, 7) is 0. The second-order valence-corrected chi connectivity index (χ2v) is 5.31. The lowest BCUT2D eigenvalue weighted by Gasteiger charge is -2.31. The number of rotatable bonds is 4. The Labute approximate surface area is 118 Å². The van der Waals surface area contributed by atoms with Gasteiger partial charge in [0.25, 0.3) is 0 Å². The first kappa shape index (κ1) is 14.3. The van der Waals surface area contributed by atoms with E-state index in [0.717, 1.165) is 25.0 Å². The summed E-state index contributed by atoms with van der Waals surface area (Å²) >= 11 is 5.76. The lowest BCUT2D eigenvalue weighted by atomic mass is 9.92. The highest BCUT2D eigenvalue weighted by molar-refractivity contribution is 6.30. The molecule has 19 heavy (non-hydrogen) atoms. The normalized spacial score (nSPS) is 23.1. The van der Waals surface area contributed by atoms with Crippen molar-refractivity contribution in [2.24, 2.45) is 0 Å². The first-order valence-corrected chi connectivity index (χ1v) is 6.99. The lowest BCUT2D eigenvalue weighted by molar-refractivity contribution is -0.122. The minimum Gasteiger partial charge on any atom is -0.379 e. The van der Waals surface area contributed by atoms with E-state index in [1.807, 2.05) is 0 Å². The van der Waals surface area contributed by atoms with Crippen LogP contribution in [0.2, 0.25) is 5.02 Å². The summed E-state index contributed by atoms with van der Waals surface area (Å²) in [5.74, 6) is -0.0104. The third-order valence-electron chi connectivity index (χ3n) is 3.48. The molecule has 0 saturated heterocycles. The molecule has 1 amide bonds. The second kappa shape index (κ2) is 6.87. The minimum absolute atomic E-state index is 0.0104. The summed E-state index contributed by atoms with van der Waals surface area (Å²) in [7, 11) is 1.70. The molecule has 1 aliphatic rings. The van der Waals surface area contributed by atoms with E-state index in [1.54, 1.807) is 25.4 Å². The molecule has 0 bridgehead atoms. The van der Waals surface area contributed by atoms with E-state index >= 15 is 0 Å². The average Bonchev–Trinajstić information content (AvgIpc) is 2.42. The van der Waals surface area contributed by atoms with Gasteiger partial charge in [-0.2, -0.15) is 0 Å². The maximum Gasteiger partial charge on any atom is 0.226 e. The van der Waals surface area contributed by atoms with Crippen molar-refractivity contribution in [2.45, 2.75) is 44.2 Å². The van der Waals surface area contributed by atoms with Crippen molar-refractivity contribution in [3.63, 3.8) is 0 Å². The van der Waals surface area contributed by atoms with Crippen LogP contribution in [-0.4, -0.2) is 30.1 Å². The van der Waals surface area contributed by atoms with Crippen LogP contribution >= 0.6 is 11.6 Å². The van der Waals surface area contributed by atoms with Crippen molar-refractivity contribution < 1.29 is 9.53 Å². The van der Waals surface area contributed by atoms with E-state index in [9.17, 15) is 4.79 Å². The zero-order valence-corrected chi connectivity index (χ0v) is 11.8. The molecule has 1 saturated carbocycles. The van der Waals surface area contributed by atoms with E-state index < -0.39 is 0 Å². The zero-order valence-electron chi connectivity index (χ0n) is 11.1. The Kier molecular flexibility index (Phi) is 5.16. The van der Waals surface area contributed by atoms with Crippen molar-refractivity contribution in [3.8, 4) is 0 Å². The molecule has 1 fully saturated rings. The summed E-state index contributed by atoms with van der Waals surface area (Å²) in [6.07, 6.45) is 6.29. The molecule has 1 N–H and O–H groups in total. The van der Waals surface area contributed by atoms with Crippen LogP contribution in [0, 0.1) is 0 Å². The highest BCUT2D eigenvalue weighted by Gasteiger charge is 2.26. The highest BCUT2D eigenvalue weighted by Crippen LogP contribution is 2.20. The van der Waals surface area contributed by atoms with E-state index in [0.29, 0.717) is 5.02 Å². The monoisotopic (exact) mass is 282 g/mol. The Morgan fingerprint density at radius 3 is 2.95 bits per heavy atom. The van der Waals surface area contributed by atoms with E-state index in [1.165, 1.54) is 6.42 Å². The van der Waals surface area contributed by atoms with Gasteiger partial charge in [0.15, 0.2) is 0 Å². The van der Waals surface area contributed by atoms with Gasteiger partial charge in [-0.1, -0.05) is 24.4 Å². The molecule has 0 unspecified atom stereocenters. The number of methoxy groups -OCH3 is 1. The van der Waals surface area contributed by atoms with Crippen molar-refractivity contribution in [1.82, 2.24) is 10.3 Å². The van der Waals surface area contributed by atoms with Gasteiger partial charge in [0.1, 0.15) is 0 Å². The van der Waals surface area contributed by atoms with Crippen LogP contribution in [0.4, 0.5) is 0 Å². The van der Waals surface area contributed by atoms with Gasteiger partial charge in [0, 0.05) is 19.0 Å². The van der Waals surface area contributed by atoms with Gasteiger partial charge in [-0.25, -0.2) is 0 Å². The molecule has 0 aromatic carbocycles. The first-order valence-electron chi connectivity index (χ1n) is 6.61. The van der Waals surface area contributed by atoms with Crippen LogP contribution < -0.4 is 5.32 Å². The number of nitrogens with zero attached hydrogens (tertiary/aromatic N) is 1. The maximum absolute atomic E-state index is 12.0. The molecule has 1 aliphatic carbocycles. The number of carbonyl (C=O) groups excluding carboxylic acids is 1. The maximum atomic E-state index is 12.0. The van der Waals surface area contributed by atoms with Crippen LogP contribution in [0.5, 0.6) is 0 Å². The summed E-state index contributed by atoms with van der Waals surface area (Å²) in [5.41, 5.74) is 0.728. The fraction of sp³-hybridized carbons (Fsp3) is 0.571. The van der Waals surface area contributed by atoms with E-state index in [2.05, 4.69) is 10.3 Å². The number of ether oxygens (including phenoxy) is 1. The Morgan fingerprint density at radius 2 is 2.26 bits per heavy atom. The lowest BCUT2D eigenvalue weighted by Crippen LogP contribution is -2.46. The van der Waals surface area contributed by atoms with E-state index in [-0.39, 0.29) is 24.5 Å². The molecule has 2 rings (SSSR count). The van der Waals surface area contributed by atoms with Gasteiger partial charge in [0.05, 0.1) is 23.6 Å². The van der Waals surface area contributed by atoms with Crippen LogP contribution in [0.1, 0.15) is 31.4 Å². The summed E-state index contributed by atoms with van der Waals surface area (Å²) < 4.78 is 5.42. The third kappa shape index (κ3) is 4.18. The standard InChI is InChI=1S/C14H19ClN2O2/c1-19-13-5-3-2-4-12(13)17-14(18)8-11-7-6-10(15)9-16-11/h6-7,9,12-13H,2-5,8H2,1H3,(H,17,18)/t12-,13+/m0/s1. The van der Waals surface area contributed by atoms with Crippen LogP contribution in [0.3, 0.4) is 0 Å². The summed E-state index contributed by atoms with van der Waals surface area (Å²) in [5, 5.41) is 3.63. The minimum atomic E-state index is -0.0104. The number of nitrogens with one attached hydrogen (secondary N) is 1. The largest absolute Gasteiger partial charge is 0.379 e. The Bertz CT molecular complexity index is 422. The molecule has 4 nitrogen and oxygen atoms in total. The predicted molar refractivity (Wildman–Crippen MR) is 74.1 cm³/mol. The molecule has 0 radical (unpaired) electrons. The Morgan fingerprint density at radius 1 is 1.47 bits per heavy atom. The molecule has 2 atom stereocenters. The van der Waals surface area contributed by atoms with Crippen LogP contribution in [0.15, 0.2) is 18.3 Å². The number of aromatic nitrogens is 1. The molecule has 0 aliphatic heterocycles. The molecule has 1 aromatic rings. The van der Waals surface area contributed by atoms with Crippen LogP contribution in [0.25, 0.3) is 0 Å². The number of hydrogen-bond acceptors (Lipinski definition) is 3. The topological polar surface area (TPSA) is 51.2 Å². The summed E-state index contributed by atoms with van der Waals surface area (Å²) in [6, 6.07) is 3.64. The first-order chi connectivity index (χ1) is 9.19. The quantitative estimate of drug-likeness (QED) is 0.922. The molecular formula is C14H19ClN2O2. The molecule has 1 aromatic heterocycles. The van der Waals surface area contributed by atoms with Gasteiger partial charge < -0.3 is 10.1 Å². The molecule has 5 heteroatoms. The van der Waals surface area contributed by atoms with Crippen LogP contribution in [-0.2, 0) is 16.0 Å². The Balaban J connectivity index is 1.88. The average molecular weight is 283 g/mol. The fourth-order valence-electron chi connectivity index (χ4n) is 2.48. The van der Waals surface area contributed by atoms with Crippen molar-refractivity contribution in [1.29, 1.82) is 0 Å². The predicted octanol–water partition coefficient (Wildman–Crippen LogP) is 2.35. The highest BCUT2D eigenvalue weighted by atomic mass is 35.5. The third-order valence-corrected chi connectivity index (χ3v) is 3.71. The molecule has 104 valence electrons. The SMILES string of the molecule is CO[C@@H]1CCCC[C@@H]1NC(=O)Cc1ccc(Cl)cn1. The number of halogens is 1. The van der Waals surface area contributed by atoms with Gasteiger partial charge in [-0.15, -0.1) is 0 Å². The summed E-state index contributed by atoms with van der Waals surface area (Å²) in [4.78, 5) is 16.1. The van der Waals surface area contributed by atoms with Gasteiger partial charge in [0.2, 0.25) is 5.91 Å². The van der Waals surface area contributed by atoms with Gasteiger partial charge in [-0.05, 0) is 25.0 Å². The fourth-order valence-corrected chi connectivity index (χ4v) is 2.59. The smallest absolute Gasteiger partial charge is 0.226 e. The van der Waals surface area contributed by atoms with Crippen molar-refractivity contribution in [2.75, 3.05) is 7.11 Å². The number of amides is 1. The van der Waals surface area contributed by atoms with Crippen molar-refractivity contribution >= 4 is 17.5 Å². The molecular weight excluding hydrogens is 264 g/mol. The zero-order chi connectivity index (χ0) is 13.7. The number of pyridine rings is 1. The van der Waals surface area contributed by atoms with E-state index in [4.69, 9.17) is 16.3 Å². The van der Waals surface area contributed by atoms with Crippen molar-refractivity contribution in [3.05, 3.63) is 29.0 Å². The second-order valence-electron chi connectivity index (χ2n) is 4.88. The van der Waals surface area contributed by atoms with Gasteiger partial charge >= 0.3 is 0 Å². The number of hydrogen-bond donors (Lipinski definition) is 1. The number of carbonyl (C=O) groups is 1. The van der Waals surface area contributed by atoms with Gasteiger partial charge in [-0.3, -0.25) is 9.78 Å².